The molecule has 7 heteroatoms. The molecule has 24 heavy (non-hydrogen) atoms. The smallest absolute Gasteiger partial charge is 0.257 e. The van der Waals surface area contributed by atoms with Crippen molar-refractivity contribution in [3.05, 3.63) is 36.4 Å². The van der Waals surface area contributed by atoms with Crippen molar-refractivity contribution in [3.63, 3.8) is 0 Å². The monoisotopic (exact) mass is 329 g/mol. The second-order valence-electron chi connectivity index (χ2n) is 5.76. The minimum Gasteiger partial charge on any atom is -0.488 e. The number of pyridine rings is 1. The normalized spacial score (nSPS) is 17.6. The van der Waals surface area contributed by atoms with Crippen LogP contribution in [-0.2, 0) is 0 Å². The van der Waals surface area contributed by atoms with Gasteiger partial charge in [-0.15, -0.1) is 0 Å². The lowest BCUT2D eigenvalue weighted by molar-refractivity contribution is 0.211. The van der Waals surface area contributed by atoms with Crippen molar-refractivity contribution >= 4 is 5.82 Å². The molecule has 1 saturated heterocycles. The average molecular weight is 329 g/mol. The molecule has 7 nitrogen and oxygen atoms in total. The van der Waals surface area contributed by atoms with Gasteiger partial charge >= 0.3 is 0 Å². The van der Waals surface area contributed by atoms with Crippen molar-refractivity contribution < 1.29 is 9.47 Å². The van der Waals surface area contributed by atoms with Gasteiger partial charge in [-0.3, -0.25) is 4.98 Å². The maximum absolute atomic E-state index is 5.80. The number of hydrogen-bond acceptors (Lipinski definition) is 7. The standard InChI is InChI=1S/C17H23N5O2/c1-13-3-4-15(12-21-13)23-9-10-24-17-16(19-5-6-20-17)22-8-7-18-11-14(22)2/h3-6,12,14,18H,7-11H2,1-2H3/t14-/m1/s1. The van der Waals surface area contributed by atoms with Gasteiger partial charge in [0.25, 0.3) is 5.88 Å². The first-order valence-electron chi connectivity index (χ1n) is 8.20. The third-order valence-electron chi connectivity index (χ3n) is 3.89. The number of nitrogens with zero attached hydrogens (tertiary/aromatic N) is 4. The SMILES string of the molecule is Cc1ccc(OCCOc2nccnc2N2CCNC[C@H]2C)cn1. The van der Waals surface area contributed by atoms with Crippen LogP contribution in [0.4, 0.5) is 5.82 Å². The third-order valence-corrected chi connectivity index (χ3v) is 3.89. The Morgan fingerprint density at radius 1 is 1.17 bits per heavy atom. The lowest BCUT2D eigenvalue weighted by Gasteiger charge is -2.35. The van der Waals surface area contributed by atoms with Crippen LogP contribution in [-0.4, -0.2) is 53.8 Å². The van der Waals surface area contributed by atoms with Crippen LogP contribution in [0.5, 0.6) is 11.6 Å². The van der Waals surface area contributed by atoms with Gasteiger partial charge in [0, 0.05) is 43.8 Å². The van der Waals surface area contributed by atoms with Gasteiger partial charge < -0.3 is 19.7 Å². The summed E-state index contributed by atoms with van der Waals surface area (Å²) in [4.78, 5) is 15.2. The number of piperazine rings is 1. The van der Waals surface area contributed by atoms with Crippen LogP contribution in [0.2, 0.25) is 0 Å². The van der Waals surface area contributed by atoms with E-state index >= 15 is 0 Å². The Labute approximate surface area is 142 Å². The van der Waals surface area contributed by atoms with Crippen molar-refractivity contribution in [3.8, 4) is 11.6 Å². The summed E-state index contributed by atoms with van der Waals surface area (Å²) in [6.07, 6.45) is 5.06. The summed E-state index contributed by atoms with van der Waals surface area (Å²) >= 11 is 0. The highest BCUT2D eigenvalue weighted by molar-refractivity contribution is 5.49. The molecule has 128 valence electrons. The first-order valence-corrected chi connectivity index (χ1v) is 8.20. The molecule has 0 spiro atoms. The predicted molar refractivity (Wildman–Crippen MR) is 91.7 cm³/mol. The van der Waals surface area contributed by atoms with E-state index in [1.807, 2.05) is 19.1 Å². The minimum atomic E-state index is 0.354. The molecule has 0 radical (unpaired) electrons. The van der Waals surface area contributed by atoms with E-state index in [4.69, 9.17) is 9.47 Å². The van der Waals surface area contributed by atoms with E-state index in [1.165, 1.54) is 0 Å². The summed E-state index contributed by atoms with van der Waals surface area (Å²) in [7, 11) is 0. The molecule has 0 aromatic carbocycles. The second-order valence-corrected chi connectivity index (χ2v) is 5.76. The van der Waals surface area contributed by atoms with E-state index in [0.29, 0.717) is 25.1 Å². The summed E-state index contributed by atoms with van der Waals surface area (Å²) in [5.41, 5.74) is 0.966. The van der Waals surface area contributed by atoms with E-state index in [0.717, 1.165) is 36.9 Å². The van der Waals surface area contributed by atoms with Gasteiger partial charge in [-0.2, -0.15) is 0 Å². The lowest BCUT2D eigenvalue weighted by atomic mass is 10.2. The largest absolute Gasteiger partial charge is 0.488 e. The Morgan fingerprint density at radius 2 is 2.00 bits per heavy atom. The molecule has 1 fully saturated rings. The van der Waals surface area contributed by atoms with E-state index in [2.05, 4.69) is 32.1 Å². The summed E-state index contributed by atoms with van der Waals surface area (Å²) in [6, 6.07) is 4.18. The quantitative estimate of drug-likeness (QED) is 0.804. The molecule has 1 N–H and O–H groups in total. The summed E-state index contributed by atoms with van der Waals surface area (Å²) in [6.45, 7) is 7.70. The average Bonchev–Trinajstić information content (AvgIpc) is 2.61. The molecule has 0 saturated carbocycles. The minimum absolute atomic E-state index is 0.354. The van der Waals surface area contributed by atoms with Crippen LogP contribution in [0, 0.1) is 6.92 Å². The number of aryl methyl sites for hydroxylation is 1. The van der Waals surface area contributed by atoms with Gasteiger partial charge in [-0.05, 0) is 26.0 Å². The number of nitrogens with one attached hydrogen (secondary N) is 1. The lowest BCUT2D eigenvalue weighted by Crippen LogP contribution is -2.50. The molecule has 0 bridgehead atoms. The molecule has 1 atom stereocenters. The zero-order valence-electron chi connectivity index (χ0n) is 14.1. The van der Waals surface area contributed by atoms with Gasteiger partial charge in [0.15, 0.2) is 5.82 Å². The summed E-state index contributed by atoms with van der Waals surface area (Å²) in [5.74, 6) is 2.08. The van der Waals surface area contributed by atoms with E-state index in [9.17, 15) is 0 Å². The van der Waals surface area contributed by atoms with Crippen LogP contribution in [0.3, 0.4) is 0 Å². The summed E-state index contributed by atoms with van der Waals surface area (Å²) in [5, 5.41) is 3.37. The fourth-order valence-electron chi connectivity index (χ4n) is 2.61. The highest BCUT2D eigenvalue weighted by atomic mass is 16.5. The number of rotatable bonds is 6. The topological polar surface area (TPSA) is 72.4 Å². The van der Waals surface area contributed by atoms with Gasteiger partial charge in [-0.25, -0.2) is 9.97 Å². The highest BCUT2D eigenvalue weighted by Crippen LogP contribution is 2.25. The highest BCUT2D eigenvalue weighted by Gasteiger charge is 2.23. The summed E-state index contributed by atoms with van der Waals surface area (Å²) < 4.78 is 11.4. The fraction of sp³-hybridized carbons (Fsp3) is 0.471. The van der Waals surface area contributed by atoms with Crippen molar-refractivity contribution in [1.82, 2.24) is 20.3 Å². The van der Waals surface area contributed by atoms with E-state index in [-0.39, 0.29) is 0 Å². The predicted octanol–water partition coefficient (Wildman–Crippen LogP) is 1.44. The molecular formula is C17H23N5O2. The van der Waals surface area contributed by atoms with Crippen LogP contribution in [0.25, 0.3) is 0 Å². The zero-order chi connectivity index (χ0) is 16.8. The van der Waals surface area contributed by atoms with Crippen LogP contribution in [0.1, 0.15) is 12.6 Å². The van der Waals surface area contributed by atoms with Crippen LogP contribution >= 0.6 is 0 Å². The zero-order valence-corrected chi connectivity index (χ0v) is 14.1. The Morgan fingerprint density at radius 3 is 2.79 bits per heavy atom. The maximum Gasteiger partial charge on any atom is 0.257 e. The molecule has 1 aliphatic rings. The Balaban J connectivity index is 1.56. The molecule has 1 aliphatic heterocycles. The number of hydrogen-bond donors (Lipinski definition) is 1. The first-order chi connectivity index (χ1) is 11.7. The molecule has 2 aromatic rings. The van der Waals surface area contributed by atoms with Crippen molar-refractivity contribution in [2.45, 2.75) is 19.9 Å². The van der Waals surface area contributed by atoms with Gasteiger partial charge in [0.05, 0.1) is 6.20 Å². The van der Waals surface area contributed by atoms with Crippen molar-refractivity contribution in [2.75, 3.05) is 37.7 Å². The third kappa shape index (κ3) is 4.11. The van der Waals surface area contributed by atoms with Gasteiger partial charge in [-0.1, -0.05) is 0 Å². The Hall–Kier alpha value is -2.41. The van der Waals surface area contributed by atoms with Gasteiger partial charge in [0.1, 0.15) is 19.0 Å². The second kappa shape index (κ2) is 7.92. The molecule has 2 aromatic heterocycles. The number of ether oxygens (including phenoxy) is 2. The molecule has 3 rings (SSSR count). The molecule has 0 amide bonds. The molecular weight excluding hydrogens is 306 g/mol. The van der Waals surface area contributed by atoms with Gasteiger partial charge in [0.2, 0.25) is 0 Å². The van der Waals surface area contributed by atoms with E-state index < -0.39 is 0 Å². The molecule has 0 aliphatic carbocycles. The molecule has 0 unspecified atom stereocenters. The number of anilines is 1. The Kier molecular flexibility index (Phi) is 5.43. The number of aromatic nitrogens is 3. The molecule has 3 heterocycles. The maximum atomic E-state index is 5.80. The van der Waals surface area contributed by atoms with Crippen LogP contribution in [0.15, 0.2) is 30.7 Å². The fourth-order valence-corrected chi connectivity index (χ4v) is 2.61. The van der Waals surface area contributed by atoms with Crippen molar-refractivity contribution in [1.29, 1.82) is 0 Å². The Bertz CT molecular complexity index is 650. The van der Waals surface area contributed by atoms with E-state index in [1.54, 1.807) is 18.6 Å². The van der Waals surface area contributed by atoms with Crippen LogP contribution < -0.4 is 19.7 Å². The van der Waals surface area contributed by atoms with Crippen molar-refractivity contribution in [2.24, 2.45) is 0 Å². The first kappa shape index (κ1) is 16.4.